The first-order valence-electron chi connectivity index (χ1n) is 8.63. The number of hydrogen-bond acceptors (Lipinski definition) is 2. The van der Waals surface area contributed by atoms with Gasteiger partial charge in [0.2, 0.25) is 0 Å². The minimum absolute atomic E-state index is 0.0454. The average Bonchev–Trinajstić information content (AvgIpc) is 3.19. The maximum atomic E-state index is 6.58. The van der Waals surface area contributed by atoms with Crippen LogP contribution in [0.3, 0.4) is 0 Å². The third-order valence-electron chi connectivity index (χ3n) is 4.57. The number of ether oxygens (including phenoxy) is 1. The minimum Gasteiger partial charge on any atom is -0.493 e. The van der Waals surface area contributed by atoms with Gasteiger partial charge in [0.25, 0.3) is 0 Å². The highest BCUT2D eigenvalue weighted by atomic mass is 16.5. The van der Waals surface area contributed by atoms with Crippen LogP contribution in [0, 0.1) is 5.92 Å². The summed E-state index contributed by atoms with van der Waals surface area (Å²) in [5.74, 6) is 1.66. The van der Waals surface area contributed by atoms with Crippen LogP contribution in [0.2, 0.25) is 0 Å². The van der Waals surface area contributed by atoms with E-state index in [1.165, 1.54) is 29.5 Å². The van der Waals surface area contributed by atoms with E-state index in [-0.39, 0.29) is 16.9 Å². The van der Waals surface area contributed by atoms with Crippen LogP contribution >= 0.6 is 0 Å². The Morgan fingerprint density at radius 1 is 1.09 bits per heavy atom. The second kappa shape index (κ2) is 5.88. The van der Waals surface area contributed by atoms with Crippen molar-refractivity contribution in [2.75, 3.05) is 6.61 Å². The molecule has 1 aliphatic carbocycles. The lowest BCUT2D eigenvalue weighted by atomic mass is 9.77. The molecule has 1 saturated carbocycles. The maximum absolute atomic E-state index is 6.58. The molecule has 124 valence electrons. The van der Waals surface area contributed by atoms with Crippen molar-refractivity contribution in [1.29, 1.82) is 0 Å². The van der Waals surface area contributed by atoms with Gasteiger partial charge in [0.1, 0.15) is 5.75 Å². The fraction of sp³-hybridized carbons (Fsp3) is 0.700. The molecule has 1 aromatic rings. The van der Waals surface area contributed by atoms with Crippen molar-refractivity contribution in [3.05, 3.63) is 28.8 Å². The zero-order chi connectivity index (χ0) is 16.7. The Bertz CT molecular complexity index is 530. The molecule has 2 heteroatoms. The Hall–Kier alpha value is -1.02. The summed E-state index contributed by atoms with van der Waals surface area (Å²) in [6.07, 6.45) is 2.49. The highest BCUT2D eigenvalue weighted by Gasteiger charge is 2.34. The van der Waals surface area contributed by atoms with Gasteiger partial charge in [-0.15, -0.1) is 0 Å². The third-order valence-corrected chi connectivity index (χ3v) is 4.57. The summed E-state index contributed by atoms with van der Waals surface area (Å²) in [5.41, 5.74) is 10.6. The lowest BCUT2D eigenvalue weighted by Crippen LogP contribution is -2.22. The van der Waals surface area contributed by atoms with Gasteiger partial charge in [-0.25, -0.2) is 0 Å². The largest absolute Gasteiger partial charge is 0.493 e. The second-order valence-corrected chi connectivity index (χ2v) is 8.74. The Morgan fingerprint density at radius 3 is 2.09 bits per heavy atom. The summed E-state index contributed by atoms with van der Waals surface area (Å²) in [6, 6.07) is 4.72. The van der Waals surface area contributed by atoms with E-state index >= 15 is 0 Å². The van der Waals surface area contributed by atoms with Gasteiger partial charge in [-0.2, -0.15) is 0 Å². The van der Waals surface area contributed by atoms with Crippen molar-refractivity contribution in [3.8, 4) is 5.75 Å². The standard InChI is InChI=1S/C20H33NO/c1-8-22-18-15(17(21)13-9-10-13)11-14(19(2,3)4)12-16(18)20(5,6)7/h11-13,17H,8-10,21H2,1-7H3. The second-order valence-electron chi connectivity index (χ2n) is 8.74. The topological polar surface area (TPSA) is 35.2 Å². The van der Waals surface area contributed by atoms with Crippen molar-refractivity contribution >= 4 is 0 Å². The molecule has 2 nitrogen and oxygen atoms in total. The van der Waals surface area contributed by atoms with E-state index in [1.54, 1.807) is 0 Å². The Kier molecular flexibility index (Phi) is 4.64. The molecule has 22 heavy (non-hydrogen) atoms. The monoisotopic (exact) mass is 303 g/mol. The van der Waals surface area contributed by atoms with E-state index in [1.807, 2.05) is 0 Å². The van der Waals surface area contributed by atoms with E-state index < -0.39 is 0 Å². The van der Waals surface area contributed by atoms with E-state index in [4.69, 9.17) is 10.5 Å². The molecule has 2 N–H and O–H groups in total. The van der Waals surface area contributed by atoms with Crippen LogP contribution in [-0.4, -0.2) is 6.61 Å². The average molecular weight is 303 g/mol. The summed E-state index contributed by atoms with van der Waals surface area (Å²) in [6.45, 7) is 16.3. The van der Waals surface area contributed by atoms with Crippen LogP contribution < -0.4 is 10.5 Å². The van der Waals surface area contributed by atoms with Gasteiger partial charge in [0.15, 0.2) is 0 Å². The van der Waals surface area contributed by atoms with Crippen LogP contribution in [-0.2, 0) is 10.8 Å². The molecule has 0 aromatic heterocycles. The van der Waals surface area contributed by atoms with E-state index in [0.29, 0.717) is 12.5 Å². The highest BCUT2D eigenvalue weighted by molar-refractivity contribution is 5.51. The van der Waals surface area contributed by atoms with Gasteiger partial charge in [-0.1, -0.05) is 47.6 Å². The molecule has 0 aliphatic heterocycles. The summed E-state index contributed by atoms with van der Waals surface area (Å²) in [4.78, 5) is 0. The van der Waals surface area contributed by atoms with Crippen molar-refractivity contribution in [2.45, 2.75) is 78.2 Å². The maximum Gasteiger partial charge on any atom is 0.127 e. The first-order valence-corrected chi connectivity index (χ1v) is 8.63. The summed E-state index contributed by atoms with van der Waals surface area (Å²) < 4.78 is 6.08. The van der Waals surface area contributed by atoms with Gasteiger partial charge in [0, 0.05) is 17.2 Å². The third kappa shape index (κ3) is 3.65. The summed E-state index contributed by atoms with van der Waals surface area (Å²) >= 11 is 0. The minimum atomic E-state index is 0.0454. The predicted molar refractivity (Wildman–Crippen MR) is 94.7 cm³/mol. The van der Waals surface area contributed by atoms with Crippen LogP contribution in [0.5, 0.6) is 5.75 Å². The molecule has 1 aliphatic rings. The molecule has 0 radical (unpaired) electrons. The predicted octanol–water partition coefficient (Wildman–Crippen LogP) is 5.09. The van der Waals surface area contributed by atoms with Crippen LogP contribution in [0.25, 0.3) is 0 Å². The van der Waals surface area contributed by atoms with Crippen molar-refractivity contribution < 1.29 is 4.74 Å². The molecule has 0 amide bonds. The Labute approximate surface area is 136 Å². The Balaban J connectivity index is 2.66. The molecule has 0 saturated heterocycles. The summed E-state index contributed by atoms with van der Waals surface area (Å²) in [7, 11) is 0. The number of rotatable bonds is 4. The summed E-state index contributed by atoms with van der Waals surface area (Å²) in [5, 5.41) is 0. The molecular weight excluding hydrogens is 270 g/mol. The van der Waals surface area contributed by atoms with Crippen molar-refractivity contribution in [2.24, 2.45) is 11.7 Å². The Morgan fingerprint density at radius 2 is 1.68 bits per heavy atom. The molecule has 1 atom stereocenters. The van der Waals surface area contributed by atoms with E-state index in [2.05, 4.69) is 60.6 Å². The van der Waals surface area contributed by atoms with Crippen molar-refractivity contribution in [1.82, 2.24) is 0 Å². The van der Waals surface area contributed by atoms with Gasteiger partial charge in [-0.3, -0.25) is 0 Å². The zero-order valence-corrected chi connectivity index (χ0v) is 15.4. The molecule has 0 spiro atoms. The van der Waals surface area contributed by atoms with Crippen LogP contribution in [0.4, 0.5) is 0 Å². The van der Waals surface area contributed by atoms with Gasteiger partial charge in [0.05, 0.1) is 6.61 Å². The fourth-order valence-corrected chi connectivity index (χ4v) is 2.90. The zero-order valence-electron chi connectivity index (χ0n) is 15.4. The van der Waals surface area contributed by atoms with Gasteiger partial charge in [-0.05, 0) is 48.1 Å². The number of hydrogen-bond donors (Lipinski definition) is 1. The molecule has 1 unspecified atom stereocenters. The molecule has 0 bridgehead atoms. The number of nitrogens with two attached hydrogens (primary N) is 1. The smallest absolute Gasteiger partial charge is 0.127 e. The lowest BCUT2D eigenvalue weighted by Gasteiger charge is -2.30. The number of benzene rings is 1. The molecular formula is C20H33NO. The molecule has 2 rings (SSSR count). The van der Waals surface area contributed by atoms with E-state index in [0.717, 1.165) is 5.75 Å². The normalized spacial score (nSPS) is 17.5. The van der Waals surface area contributed by atoms with E-state index in [9.17, 15) is 0 Å². The SMILES string of the molecule is CCOc1c(C(N)C2CC2)cc(C(C)(C)C)cc1C(C)(C)C. The quantitative estimate of drug-likeness (QED) is 0.841. The van der Waals surface area contributed by atoms with Crippen LogP contribution in [0.1, 0.15) is 84.0 Å². The van der Waals surface area contributed by atoms with Gasteiger partial charge >= 0.3 is 0 Å². The lowest BCUT2D eigenvalue weighted by molar-refractivity contribution is 0.322. The molecule has 1 fully saturated rings. The molecule has 0 heterocycles. The highest BCUT2D eigenvalue weighted by Crippen LogP contribution is 2.46. The first-order chi connectivity index (χ1) is 10.1. The van der Waals surface area contributed by atoms with Crippen LogP contribution in [0.15, 0.2) is 12.1 Å². The van der Waals surface area contributed by atoms with Gasteiger partial charge < -0.3 is 10.5 Å². The van der Waals surface area contributed by atoms with Crippen molar-refractivity contribution in [3.63, 3.8) is 0 Å². The fourth-order valence-electron chi connectivity index (χ4n) is 2.90. The first kappa shape index (κ1) is 17.3. The molecule has 1 aromatic carbocycles.